The number of hydrogen-bond donors (Lipinski definition) is 2. The normalized spacial score (nSPS) is 11.4. The number of hydrogen-bond acceptors (Lipinski definition) is 6. The van der Waals surface area contributed by atoms with Gasteiger partial charge in [0.1, 0.15) is 0 Å². The second-order valence-corrected chi connectivity index (χ2v) is 9.27. The number of thiophene rings is 1. The van der Waals surface area contributed by atoms with Crippen LogP contribution in [0.4, 0.5) is 11.6 Å². The highest BCUT2D eigenvalue weighted by Crippen LogP contribution is 2.18. The third kappa shape index (κ3) is 5.45. The van der Waals surface area contributed by atoms with Crippen molar-refractivity contribution in [1.29, 1.82) is 0 Å². The predicted molar refractivity (Wildman–Crippen MR) is 127 cm³/mol. The summed E-state index contributed by atoms with van der Waals surface area (Å²) in [6.07, 6.45) is 5.17. The fraction of sp³-hybridized carbons (Fsp3) is 0. The number of nitrogens with zero attached hydrogens (tertiary/aromatic N) is 2. The Morgan fingerprint density at radius 2 is 1.69 bits per heavy atom. The van der Waals surface area contributed by atoms with Gasteiger partial charge >= 0.3 is 0 Å². The van der Waals surface area contributed by atoms with Gasteiger partial charge < -0.3 is 5.32 Å². The Balaban J connectivity index is 1.44. The number of carbonyl (C=O) groups excluding carboxylic acids is 1. The highest BCUT2D eigenvalue weighted by atomic mass is 32.2. The smallest absolute Gasteiger partial charge is 0.264 e. The molecule has 0 atom stereocenters. The van der Waals surface area contributed by atoms with Crippen LogP contribution in [0.2, 0.25) is 0 Å². The van der Waals surface area contributed by atoms with Crippen LogP contribution < -0.4 is 10.0 Å². The molecule has 9 heteroatoms. The van der Waals surface area contributed by atoms with Gasteiger partial charge in [-0.3, -0.25) is 4.79 Å². The zero-order chi connectivity index (χ0) is 22.4. The average molecular weight is 463 g/mol. The van der Waals surface area contributed by atoms with Gasteiger partial charge in [-0.1, -0.05) is 24.3 Å². The summed E-state index contributed by atoms with van der Waals surface area (Å²) in [5, 5.41) is 4.70. The quantitative estimate of drug-likeness (QED) is 0.412. The van der Waals surface area contributed by atoms with E-state index in [1.165, 1.54) is 30.5 Å². The van der Waals surface area contributed by atoms with Crippen molar-refractivity contribution in [2.24, 2.45) is 0 Å². The lowest BCUT2D eigenvalue weighted by Gasteiger charge is -2.09. The lowest BCUT2D eigenvalue weighted by atomic mass is 10.2. The molecule has 0 aliphatic carbocycles. The minimum atomic E-state index is -3.90. The Morgan fingerprint density at radius 3 is 2.41 bits per heavy atom. The summed E-state index contributed by atoms with van der Waals surface area (Å²) in [7, 11) is -3.90. The Labute approximate surface area is 189 Å². The molecule has 2 N–H and O–H groups in total. The number of sulfonamides is 1. The van der Waals surface area contributed by atoms with Crippen LogP contribution in [0.3, 0.4) is 0 Å². The second kappa shape index (κ2) is 9.54. The van der Waals surface area contributed by atoms with Gasteiger partial charge in [-0.15, -0.1) is 11.3 Å². The third-order valence-corrected chi connectivity index (χ3v) is 6.50. The first-order valence-electron chi connectivity index (χ1n) is 9.53. The Kier molecular flexibility index (Phi) is 6.39. The maximum atomic E-state index is 12.7. The maximum absolute atomic E-state index is 12.7. The molecule has 0 bridgehead atoms. The van der Waals surface area contributed by atoms with E-state index in [4.69, 9.17) is 0 Å². The van der Waals surface area contributed by atoms with Crippen LogP contribution in [0.5, 0.6) is 0 Å². The Morgan fingerprint density at radius 1 is 0.906 bits per heavy atom. The molecule has 32 heavy (non-hydrogen) atoms. The van der Waals surface area contributed by atoms with Crippen molar-refractivity contribution in [1.82, 2.24) is 9.97 Å². The zero-order valence-corrected chi connectivity index (χ0v) is 18.3. The topological polar surface area (TPSA) is 101 Å². The largest absolute Gasteiger partial charge is 0.322 e. The fourth-order valence-corrected chi connectivity index (χ4v) is 4.33. The van der Waals surface area contributed by atoms with E-state index in [1.54, 1.807) is 47.7 Å². The van der Waals surface area contributed by atoms with E-state index in [2.05, 4.69) is 20.0 Å². The molecular formula is C23H18N4O3S2. The van der Waals surface area contributed by atoms with E-state index >= 15 is 0 Å². The molecule has 7 nitrogen and oxygen atoms in total. The number of benzene rings is 2. The van der Waals surface area contributed by atoms with Crippen LogP contribution in [-0.2, 0) is 10.0 Å². The Bertz CT molecular complexity index is 1340. The summed E-state index contributed by atoms with van der Waals surface area (Å²) in [6.45, 7) is 0. The first-order valence-corrected chi connectivity index (χ1v) is 11.9. The van der Waals surface area contributed by atoms with Crippen molar-refractivity contribution in [3.05, 3.63) is 101 Å². The molecule has 1 amide bonds. The van der Waals surface area contributed by atoms with Crippen LogP contribution in [0.15, 0.2) is 89.3 Å². The van der Waals surface area contributed by atoms with Gasteiger partial charge in [0, 0.05) is 22.3 Å². The summed E-state index contributed by atoms with van der Waals surface area (Å²) in [5.74, 6) is -0.306. The molecule has 0 fully saturated rings. The number of anilines is 2. The van der Waals surface area contributed by atoms with Crippen LogP contribution in [0, 0.1) is 0 Å². The number of aromatic nitrogens is 2. The number of carbonyl (C=O) groups is 1. The van der Waals surface area contributed by atoms with Gasteiger partial charge in [-0.2, -0.15) is 0 Å². The van der Waals surface area contributed by atoms with Crippen molar-refractivity contribution >= 4 is 51.1 Å². The monoisotopic (exact) mass is 462 g/mol. The van der Waals surface area contributed by atoms with Gasteiger partial charge in [-0.05, 0) is 66.1 Å². The first kappa shape index (κ1) is 21.4. The number of nitrogens with one attached hydrogen (secondary N) is 2. The predicted octanol–water partition coefficient (Wildman–Crippen LogP) is 4.76. The van der Waals surface area contributed by atoms with Crippen LogP contribution in [0.25, 0.3) is 12.2 Å². The van der Waals surface area contributed by atoms with Gasteiger partial charge in [0.2, 0.25) is 5.95 Å². The standard InChI is InChI=1S/C23H18N4O3S2/c28-22(17-5-2-1-3-6-17)25-18-9-12-21(13-10-18)32(29,30)27-23-24-15-14-19(26-23)8-11-20-7-4-16-31-20/h1-16H,(H,25,28)(H,24,26,27). The molecule has 0 radical (unpaired) electrons. The lowest BCUT2D eigenvalue weighted by Crippen LogP contribution is -2.15. The molecule has 2 aromatic carbocycles. The first-order chi connectivity index (χ1) is 15.5. The highest BCUT2D eigenvalue weighted by molar-refractivity contribution is 7.92. The summed E-state index contributed by atoms with van der Waals surface area (Å²) < 4.78 is 27.8. The van der Waals surface area contributed by atoms with Crippen LogP contribution in [-0.4, -0.2) is 24.3 Å². The average Bonchev–Trinajstić information content (AvgIpc) is 3.32. The van der Waals surface area contributed by atoms with E-state index in [-0.39, 0.29) is 16.8 Å². The van der Waals surface area contributed by atoms with Gasteiger partial charge in [-0.25, -0.2) is 23.1 Å². The maximum Gasteiger partial charge on any atom is 0.264 e. The fourth-order valence-electron chi connectivity index (χ4n) is 2.76. The summed E-state index contributed by atoms with van der Waals surface area (Å²) >= 11 is 1.59. The van der Waals surface area contributed by atoms with Crippen molar-refractivity contribution in [2.75, 3.05) is 10.0 Å². The second-order valence-electron chi connectivity index (χ2n) is 6.60. The minimum Gasteiger partial charge on any atom is -0.322 e. The van der Waals surface area contributed by atoms with Crippen molar-refractivity contribution < 1.29 is 13.2 Å². The van der Waals surface area contributed by atoms with Crippen LogP contribution >= 0.6 is 11.3 Å². The van der Waals surface area contributed by atoms with Crippen molar-refractivity contribution in [2.45, 2.75) is 4.90 Å². The summed E-state index contributed by atoms with van der Waals surface area (Å²) in [5.41, 5.74) is 1.57. The molecule has 160 valence electrons. The molecule has 2 aromatic heterocycles. The molecule has 0 spiro atoms. The molecule has 4 aromatic rings. The molecule has 4 rings (SSSR count). The van der Waals surface area contributed by atoms with E-state index in [9.17, 15) is 13.2 Å². The molecule has 0 aliphatic rings. The van der Waals surface area contributed by atoms with Crippen molar-refractivity contribution in [3.8, 4) is 0 Å². The van der Waals surface area contributed by atoms with E-state index < -0.39 is 10.0 Å². The Hall–Kier alpha value is -3.82. The molecule has 0 saturated carbocycles. The zero-order valence-electron chi connectivity index (χ0n) is 16.7. The third-order valence-electron chi connectivity index (χ3n) is 4.32. The van der Waals surface area contributed by atoms with Gasteiger partial charge in [0.05, 0.1) is 10.6 Å². The minimum absolute atomic E-state index is 0.0262. The summed E-state index contributed by atoms with van der Waals surface area (Å²) in [4.78, 5) is 21.5. The van der Waals surface area contributed by atoms with Crippen molar-refractivity contribution in [3.63, 3.8) is 0 Å². The van der Waals surface area contributed by atoms with E-state index in [1.807, 2.05) is 29.7 Å². The molecule has 0 unspecified atom stereocenters. The van der Waals surface area contributed by atoms with Gasteiger partial charge in [0.25, 0.3) is 15.9 Å². The molecule has 0 saturated heterocycles. The summed E-state index contributed by atoms with van der Waals surface area (Å²) in [6, 6.07) is 20.2. The SMILES string of the molecule is O=C(Nc1ccc(S(=O)(=O)Nc2nccc(C=Cc3cccs3)n2)cc1)c1ccccc1. The highest BCUT2D eigenvalue weighted by Gasteiger charge is 2.16. The number of amides is 1. The lowest BCUT2D eigenvalue weighted by molar-refractivity contribution is 0.102. The van der Waals surface area contributed by atoms with Gasteiger partial charge in [0.15, 0.2) is 0 Å². The van der Waals surface area contributed by atoms with Crippen LogP contribution in [0.1, 0.15) is 20.9 Å². The van der Waals surface area contributed by atoms with E-state index in [0.717, 1.165) is 4.88 Å². The molecular weight excluding hydrogens is 444 g/mol. The number of rotatable bonds is 7. The molecule has 2 heterocycles. The van der Waals surface area contributed by atoms with E-state index in [0.29, 0.717) is 16.9 Å². The molecule has 0 aliphatic heterocycles.